The van der Waals surface area contributed by atoms with Crippen LogP contribution in [0.4, 0.5) is 0 Å². The zero-order valence-corrected chi connectivity index (χ0v) is 15.1. The molecule has 23 heavy (non-hydrogen) atoms. The van der Waals surface area contributed by atoms with Crippen molar-refractivity contribution in [3.8, 4) is 5.75 Å². The molecule has 0 aliphatic heterocycles. The fourth-order valence-corrected chi connectivity index (χ4v) is 4.52. The number of nitrogens with two attached hydrogens (primary N) is 1. The molecule has 0 amide bonds. The molecule has 2 heteroatoms. The minimum Gasteiger partial charge on any atom is -0.494 e. The summed E-state index contributed by atoms with van der Waals surface area (Å²) in [4.78, 5) is 0. The Labute approximate surface area is 141 Å². The van der Waals surface area contributed by atoms with E-state index in [1.54, 1.807) is 0 Å². The number of ether oxygens (including phenoxy) is 1. The standard InChI is InChI=1S/C21H33NO/c1-15(2)16(3)18-5-4-6-20(13-18)23-12-9-19-14-21(22)10-7-17(19)8-11-21/h4-6,13,15-17,19H,7-12,14,22H2,1-3H3. The Morgan fingerprint density at radius 2 is 1.96 bits per heavy atom. The van der Waals surface area contributed by atoms with Crippen molar-refractivity contribution >= 4 is 0 Å². The highest BCUT2D eigenvalue weighted by molar-refractivity contribution is 5.30. The van der Waals surface area contributed by atoms with E-state index in [2.05, 4.69) is 45.0 Å². The Hall–Kier alpha value is -1.02. The molecule has 1 aromatic rings. The van der Waals surface area contributed by atoms with Gasteiger partial charge in [-0.3, -0.25) is 0 Å². The Bertz CT molecular complexity index is 516. The Kier molecular flexibility index (Phi) is 5.01. The normalized spacial score (nSPS) is 31.3. The lowest BCUT2D eigenvalue weighted by molar-refractivity contribution is 0.0596. The van der Waals surface area contributed by atoms with Gasteiger partial charge < -0.3 is 10.5 Å². The summed E-state index contributed by atoms with van der Waals surface area (Å²) in [5, 5.41) is 0. The van der Waals surface area contributed by atoms with Gasteiger partial charge in [0.25, 0.3) is 0 Å². The molecule has 0 heterocycles. The largest absolute Gasteiger partial charge is 0.494 e. The zero-order chi connectivity index (χ0) is 16.4. The molecule has 0 spiro atoms. The highest BCUT2D eigenvalue weighted by Gasteiger charge is 2.42. The first kappa shape index (κ1) is 16.8. The maximum atomic E-state index is 6.51. The summed E-state index contributed by atoms with van der Waals surface area (Å²) < 4.78 is 6.08. The second kappa shape index (κ2) is 6.84. The first-order chi connectivity index (χ1) is 11.0. The van der Waals surface area contributed by atoms with Crippen molar-refractivity contribution in [1.82, 2.24) is 0 Å². The van der Waals surface area contributed by atoms with Crippen LogP contribution in [0.1, 0.15) is 70.8 Å². The molecule has 128 valence electrons. The van der Waals surface area contributed by atoms with E-state index in [1.165, 1.54) is 37.7 Å². The average Bonchev–Trinajstić information content (AvgIpc) is 2.54. The van der Waals surface area contributed by atoms with Crippen LogP contribution in [-0.4, -0.2) is 12.1 Å². The van der Waals surface area contributed by atoms with E-state index < -0.39 is 0 Å². The molecule has 1 aromatic carbocycles. The van der Waals surface area contributed by atoms with Gasteiger partial charge in [-0.05, 0) is 79.9 Å². The topological polar surface area (TPSA) is 35.2 Å². The fourth-order valence-electron chi connectivity index (χ4n) is 4.52. The van der Waals surface area contributed by atoms with Gasteiger partial charge in [-0.1, -0.05) is 32.9 Å². The molecule has 3 fully saturated rings. The van der Waals surface area contributed by atoms with Crippen LogP contribution >= 0.6 is 0 Å². The Morgan fingerprint density at radius 3 is 2.61 bits per heavy atom. The maximum Gasteiger partial charge on any atom is 0.119 e. The number of hydrogen-bond acceptors (Lipinski definition) is 2. The van der Waals surface area contributed by atoms with Crippen LogP contribution in [0, 0.1) is 17.8 Å². The number of rotatable bonds is 6. The minimum atomic E-state index is 0.145. The summed E-state index contributed by atoms with van der Waals surface area (Å²) in [6.45, 7) is 7.68. The molecule has 0 saturated heterocycles. The monoisotopic (exact) mass is 315 g/mol. The lowest BCUT2D eigenvalue weighted by Gasteiger charge is -2.49. The molecule has 2 N–H and O–H groups in total. The van der Waals surface area contributed by atoms with Gasteiger partial charge in [0, 0.05) is 5.54 Å². The van der Waals surface area contributed by atoms with Gasteiger partial charge in [0.1, 0.15) is 5.75 Å². The second-order valence-electron chi connectivity index (χ2n) is 8.41. The van der Waals surface area contributed by atoms with Crippen LogP contribution in [0.2, 0.25) is 0 Å². The van der Waals surface area contributed by atoms with Gasteiger partial charge in [0.05, 0.1) is 6.61 Å². The van der Waals surface area contributed by atoms with Crippen LogP contribution < -0.4 is 10.5 Å². The molecule has 4 rings (SSSR count). The lowest BCUT2D eigenvalue weighted by atomic mass is 9.60. The van der Waals surface area contributed by atoms with Crippen molar-refractivity contribution in [2.45, 2.75) is 70.8 Å². The number of fused-ring (bicyclic) bond motifs is 3. The van der Waals surface area contributed by atoms with Crippen LogP contribution in [0.25, 0.3) is 0 Å². The van der Waals surface area contributed by atoms with E-state index >= 15 is 0 Å². The predicted octanol–water partition coefficient (Wildman–Crippen LogP) is 5.12. The summed E-state index contributed by atoms with van der Waals surface area (Å²) in [6.07, 6.45) is 7.53. The molecule has 0 radical (unpaired) electrons. The van der Waals surface area contributed by atoms with Crippen molar-refractivity contribution in [2.24, 2.45) is 23.5 Å². The van der Waals surface area contributed by atoms with Gasteiger partial charge in [-0.15, -0.1) is 0 Å². The fraction of sp³-hybridized carbons (Fsp3) is 0.714. The molecule has 0 aromatic heterocycles. The summed E-state index contributed by atoms with van der Waals surface area (Å²) in [7, 11) is 0. The van der Waals surface area contributed by atoms with Crippen molar-refractivity contribution in [3.05, 3.63) is 29.8 Å². The molecular weight excluding hydrogens is 282 g/mol. The van der Waals surface area contributed by atoms with E-state index in [4.69, 9.17) is 10.5 Å². The van der Waals surface area contributed by atoms with E-state index in [9.17, 15) is 0 Å². The quantitative estimate of drug-likeness (QED) is 0.790. The van der Waals surface area contributed by atoms with Crippen LogP contribution in [-0.2, 0) is 0 Å². The highest BCUT2D eigenvalue weighted by Crippen LogP contribution is 2.47. The summed E-state index contributed by atoms with van der Waals surface area (Å²) in [6, 6.07) is 8.66. The van der Waals surface area contributed by atoms with Gasteiger partial charge in [0.2, 0.25) is 0 Å². The Balaban J connectivity index is 1.52. The smallest absolute Gasteiger partial charge is 0.119 e. The third-order valence-electron chi connectivity index (χ3n) is 6.50. The predicted molar refractivity (Wildman–Crippen MR) is 96.8 cm³/mol. The second-order valence-corrected chi connectivity index (χ2v) is 8.41. The molecule has 3 aliphatic rings. The van der Waals surface area contributed by atoms with Gasteiger partial charge in [-0.2, -0.15) is 0 Å². The molecule has 2 atom stereocenters. The summed E-state index contributed by atoms with van der Waals surface area (Å²) >= 11 is 0. The van der Waals surface area contributed by atoms with Gasteiger partial charge in [-0.25, -0.2) is 0 Å². The molecule has 3 aliphatic carbocycles. The Morgan fingerprint density at radius 1 is 1.22 bits per heavy atom. The van der Waals surface area contributed by atoms with Crippen LogP contribution in [0.3, 0.4) is 0 Å². The van der Waals surface area contributed by atoms with Gasteiger partial charge in [0.15, 0.2) is 0 Å². The van der Waals surface area contributed by atoms with Crippen molar-refractivity contribution in [3.63, 3.8) is 0 Å². The number of hydrogen-bond donors (Lipinski definition) is 1. The summed E-state index contributed by atoms with van der Waals surface area (Å²) in [5.41, 5.74) is 8.04. The third kappa shape index (κ3) is 3.91. The van der Waals surface area contributed by atoms with Crippen molar-refractivity contribution in [2.75, 3.05) is 6.61 Å². The maximum absolute atomic E-state index is 6.51. The molecule has 2 bridgehead atoms. The molecular formula is C21H33NO. The molecule has 2 nitrogen and oxygen atoms in total. The molecule has 2 unspecified atom stereocenters. The molecule has 3 saturated carbocycles. The van der Waals surface area contributed by atoms with Crippen LogP contribution in [0.5, 0.6) is 5.75 Å². The van der Waals surface area contributed by atoms with E-state index in [1.807, 2.05) is 0 Å². The lowest BCUT2D eigenvalue weighted by Crippen LogP contribution is -2.51. The first-order valence-electron chi connectivity index (χ1n) is 9.48. The number of benzene rings is 1. The third-order valence-corrected chi connectivity index (χ3v) is 6.50. The summed E-state index contributed by atoms with van der Waals surface area (Å²) in [5.74, 6) is 3.93. The van der Waals surface area contributed by atoms with E-state index in [0.717, 1.165) is 30.6 Å². The van der Waals surface area contributed by atoms with Crippen molar-refractivity contribution < 1.29 is 4.74 Å². The minimum absolute atomic E-state index is 0.145. The zero-order valence-electron chi connectivity index (χ0n) is 15.1. The van der Waals surface area contributed by atoms with Gasteiger partial charge >= 0.3 is 0 Å². The van der Waals surface area contributed by atoms with E-state index in [-0.39, 0.29) is 5.54 Å². The first-order valence-corrected chi connectivity index (χ1v) is 9.48. The van der Waals surface area contributed by atoms with Crippen LogP contribution in [0.15, 0.2) is 24.3 Å². The average molecular weight is 316 g/mol. The highest BCUT2D eigenvalue weighted by atomic mass is 16.5. The SMILES string of the molecule is CC(C)C(C)c1cccc(OCCC2CC3(N)CCC2CC3)c1. The van der Waals surface area contributed by atoms with Crippen molar-refractivity contribution in [1.29, 1.82) is 0 Å². The van der Waals surface area contributed by atoms with E-state index in [0.29, 0.717) is 11.8 Å².